The molecule has 0 aromatic carbocycles. The van der Waals surface area contributed by atoms with Crippen LogP contribution in [0.3, 0.4) is 0 Å². The molecular formula is C8H11AsO3. The maximum absolute atomic E-state index is 10.2. The summed E-state index contributed by atoms with van der Waals surface area (Å²) >= 11 is 1.51. The fourth-order valence-electron chi connectivity index (χ4n) is 0.954. The van der Waals surface area contributed by atoms with Gasteiger partial charge >= 0.3 is 78.8 Å². The molecular weight excluding hydrogens is 219 g/mol. The van der Waals surface area contributed by atoms with Crippen molar-refractivity contribution < 1.29 is 14.3 Å². The van der Waals surface area contributed by atoms with Crippen LogP contribution in [0.2, 0.25) is 0 Å². The second kappa shape index (κ2) is 4.36. The van der Waals surface area contributed by atoms with E-state index in [9.17, 15) is 4.79 Å². The Morgan fingerprint density at radius 1 is 1.67 bits per heavy atom. The number of rotatable bonds is 4. The summed E-state index contributed by atoms with van der Waals surface area (Å²) < 4.78 is 6.33. The number of hydrogen-bond acceptors (Lipinski definition) is 2. The minimum atomic E-state index is -0.746. The Bertz CT molecular complexity index is 267. The van der Waals surface area contributed by atoms with Crippen molar-refractivity contribution in [2.45, 2.75) is 19.3 Å². The number of hydrogen-bond donors (Lipinski definition) is 1. The zero-order valence-corrected chi connectivity index (χ0v) is 9.04. The van der Waals surface area contributed by atoms with E-state index in [-0.39, 0.29) is 6.42 Å². The second-order valence-corrected chi connectivity index (χ2v) is 3.85. The average Bonchev–Trinajstić information content (AvgIpc) is 2.36. The molecule has 0 spiro atoms. The van der Waals surface area contributed by atoms with Crippen molar-refractivity contribution in [1.82, 2.24) is 0 Å². The average molecular weight is 230 g/mol. The Balaban J connectivity index is 2.33. The number of carbonyl (C=O) groups is 1. The molecule has 1 atom stereocenters. The summed E-state index contributed by atoms with van der Waals surface area (Å²) in [5.74, 6) is 0.181. The van der Waals surface area contributed by atoms with Gasteiger partial charge < -0.3 is 0 Å². The Hall–Kier alpha value is -0.692. The molecule has 4 heteroatoms. The Labute approximate surface area is 79.3 Å². The zero-order chi connectivity index (χ0) is 8.97. The number of aryl methyl sites for hydroxylation is 1. The standard InChI is InChI=1S/C8H11AsO3/c9-6-4-5-12-7(6)2-1-3-8(10)11/h4-5H,1-3,9H2,(H,10,11). The summed E-state index contributed by atoms with van der Waals surface area (Å²) in [7, 11) is 0. The molecule has 0 saturated heterocycles. The van der Waals surface area contributed by atoms with E-state index in [1.807, 2.05) is 6.07 Å². The van der Waals surface area contributed by atoms with Gasteiger partial charge in [-0.05, 0) is 0 Å². The van der Waals surface area contributed by atoms with Crippen LogP contribution in [-0.2, 0) is 11.2 Å². The third kappa shape index (κ3) is 2.74. The van der Waals surface area contributed by atoms with Gasteiger partial charge in [0.1, 0.15) is 0 Å². The monoisotopic (exact) mass is 230 g/mol. The van der Waals surface area contributed by atoms with Crippen LogP contribution in [0.25, 0.3) is 0 Å². The molecule has 0 amide bonds. The first-order valence-corrected chi connectivity index (χ1v) is 4.95. The van der Waals surface area contributed by atoms with Gasteiger partial charge in [0, 0.05) is 0 Å². The molecule has 0 aliphatic rings. The van der Waals surface area contributed by atoms with E-state index in [2.05, 4.69) is 0 Å². The second-order valence-electron chi connectivity index (χ2n) is 2.55. The van der Waals surface area contributed by atoms with E-state index >= 15 is 0 Å². The zero-order valence-electron chi connectivity index (χ0n) is 6.62. The van der Waals surface area contributed by atoms with Gasteiger partial charge in [0.25, 0.3) is 0 Å². The van der Waals surface area contributed by atoms with Crippen molar-refractivity contribution in [1.29, 1.82) is 0 Å². The van der Waals surface area contributed by atoms with Gasteiger partial charge in [-0.25, -0.2) is 0 Å². The van der Waals surface area contributed by atoms with Crippen LogP contribution in [0.1, 0.15) is 18.6 Å². The predicted molar refractivity (Wildman–Crippen MR) is 47.5 cm³/mol. The van der Waals surface area contributed by atoms with Gasteiger partial charge in [-0.15, -0.1) is 0 Å². The summed E-state index contributed by atoms with van der Waals surface area (Å²) in [6, 6.07) is 1.91. The Morgan fingerprint density at radius 2 is 2.42 bits per heavy atom. The summed E-state index contributed by atoms with van der Waals surface area (Å²) in [6.07, 6.45) is 3.24. The van der Waals surface area contributed by atoms with Crippen LogP contribution in [0.15, 0.2) is 16.7 Å². The molecule has 0 aliphatic heterocycles. The molecule has 1 aromatic rings. The summed E-state index contributed by atoms with van der Waals surface area (Å²) in [4.78, 5) is 10.2. The number of carboxylic acid groups (broad SMARTS) is 1. The van der Waals surface area contributed by atoms with Crippen molar-refractivity contribution in [3.05, 3.63) is 18.1 Å². The van der Waals surface area contributed by atoms with Gasteiger partial charge in [0.15, 0.2) is 0 Å². The van der Waals surface area contributed by atoms with Crippen LogP contribution in [-0.4, -0.2) is 27.9 Å². The molecule has 1 aromatic heterocycles. The molecule has 0 saturated carbocycles. The van der Waals surface area contributed by atoms with E-state index in [0.29, 0.717) is 6.42 Å². The molecule has 66 valence electrons. The third-order valence-corrected chi connectivity index (χ3v) is 2.65. The first-order chi connectivity index (χ1) is 5.70. The Morgan fingerprint density at radius 3 is 2.92 bits per heavy atom. The van der Waals surface area contributed by atoms with Crippen LogP contribution in [0, 0.1) is 0 Å². The SMILES string of the molecule is O=C(O)CCCc1occc1[AsH2]. The molecule has 0 fully saturated rings. The molecule has 1 N–H and O–H groups in total. The van der Waals surface area contributed by atoms with Crippen molar-refractivity contribution >= 4 is 27.2 Å². The molecule has 0 aliphatic carbocycles. The summed E-state index contributed by atoms with van der Waals surface area (Å²) in [6.45, 7) is 0. The van der Waals surface area contributed by atoms with E-state index in [1.54, 1.807) is 6.26 Å². The Kier molecular flexibility index (Phi) is 3.42. The first kappa shape index (κ1) is 9.40. The van der Waals surface area contributed by atoms with Crippen LogP contribution in [0.5, 0.6) is 0 Å². The van der Waals surface area contributed by atoms with Crippen LogP contribution >= 0.6 is 0 Å². The molecule has 1 rings (SSSR count). The summed E-state index contributed by atoms with van der Waals surface area (Å²) in [5, 5.41) is 8.38. The molecule has 1 unspecified atom stereocenters. The molecule has 0 bridgehead atoms. The van der Waals surface area contributed by atoms with E-state index < -0.39 is 5.97 Å². The van der Waals surface area contributed by atoms with Gasteiger partial charge in [-0.2, -0.15) is 0 Å². The quantitative estimate of drug-likeness (QED) is 0.737. The van der Waals surface area contributed by atoms with Crippen molar-refractivity contribution in [2.75, 3.05) is 0 Å². The predicted octanol–water partition coefficient (Wildman–Crippen LogP) is -0.0547. The normalized spacial score (nSPS) is 10.1. The molecule has 12 heavy (non-hydrogen) atoms. The van der Waals surface area contributed by atoms with E-state index in [4.69, 9.17) is 9.52 Å². The van der Waals surface area contributed by atoms with Crippen molar-refractivity contribution in [3.8, 4) is 0 Å². The molecule has 1 heterocycles. The van der Waals surface area contributed by atoms with E-state index in [0.717, 1.165) is 16.5 Å². The van der Waals surface area contributed by atoms with Gasteiger partial charge in [-0.1, -0.05) is 0 Å². The van der Waals surface area contributed by atoms with Crippen LogP contribution < -0.4 is 4.35 Å². The fraction of sp³-hybridized carbons (Fsp3) is 0.375. The van der Waals surface area contributed by atoms with Gasteiger partial charge in [0.2, 0.25) is 0 Å². The number of carboxylic acids is 1. The molecule has 0 radical (unpaired) electrons. The van der Waals surface area contributed by atoms with Crippen molar-refractivity contribution in [3.63, 3.8) is 0 Å². The van der Waals surface area contributed by atoms with Crippen LogP contribution in [0.4, 0.5) is 0 Å². The number of furan rings is 1. The maximum atomic E-state index is 10.2. The number of aliphatic carboxylic acids is 1. The van der Waals surface area contributed by atoms with Gasteiger partial charge in [0.05, 0.1) is 0 Å². The van der Waals surface area contributed by atoms with E-state index in [1.165, 1.54) is 16.9 Å². The van der Waals surface area contributed by atoms with Gasteiger partial charge in [-0.3, -0.25) is 0 Å². The summed E-state index contributed by atoms with van der Waals surface area (Å²) in [5.41, 5.74) is 0. The fourth-order valence-corrected chi connectivity index (χ4v) is 1.56. The minimum absolute atomic E-state index is 0.215. The topological polar surface area (TPSA) is 50.4 Å². The molecule has 3 nitrogen and oxygen atoms in total. The van der Waals surface area contributed by atoms with Crippen molar-refractivity contribution in [2.24, 2.45) is 0 Å². The third-order valence-electron chi connectivity index (χ3n) is 1.57. The first-order valence-electron chi connectivity index (χ1n) is 3.74.